The molecule has 31 heavy (non-hydrogen) atoms. The lowest BCUT2D eigenvalue weighted by atomic mass is 10.0. The molecule has 4 rings (SSSR count). The van der Waals surface area contributed by atoms with Gasteiger partial charge >= 0.3 is 0 Å². The lowest BCUT2D eigenvalue weighted by Crippen LogP contribution is -2.52. The van der Waals surface area contributed by atoms with Crippen LogP contribution in [0.3, 0.4) is 0 Å². The highest BCUT2D eigenvalue weighted by molar-refractivity contribution is 7.12. The second kappa shape index (κ2) is 9.01. The van der Waals surface area contributed by atoms with E-state index in [0.29, 0.717) is 34.3 Å². The lowest BCUT2D eigenvalue weighted by molar-refractivity contribution is -0.122. The van der Waals surface area contributed by atoms with Crippen LogP contribution in [-0.4, -0.2) is 30.4 Å². The summed E-state index contributed by atoms with van der Waals surface area (Å²) in [7, 11) is 0. The molecule has 0 radical (unpaired) electrons. The van der Waals surface area contributed by atoms with E-state index in [1.807, 2.05) is 6.92 Å². The highest BCUT2D eigenvalue weighted by Gasteiger charge is 2.38. The highest BCUT2D eigenvalue weighted by atomic mass is 32.1. The van der Waals surface area contributed by atoms with E-state index >= 15 is 0 Å². The van der Waals surface area contributed by atoms with E-state index < -0.39 is 11.9 Å². The predicted molar refractivity (Wildman–Crippen MR) is 121 cm³/mol. The second-order valence-electron chi connectivity index (χ2n) is 6.88. The summed E-state index contributed by atoms with van der Waals surface area (Å²) in [6.45, 7) is 2.45. The van der Waals surface area contributed by atoms with Crippen molar-refractivity contribution in [1.82, 2.24) is 0 Å². The number of hydrogen-bond donors (Lipinski definition) is 2. The van der Waals surface area contributed by atoms with Crippen molar-refractivity contribution in [3.8, 4) is 5.75 Å². The van der Waals surface area contributed by atoms with Gasteiger partial charge in [0.2, 0.25) is 11.8 Å². The molecule has 3 aromatic rings. The maximum absolute atomic E-state index is 13.2. The molecule has 0 saturated heterocycles. The van der Waals surface area contributed by atoms with Gasteiger partial charge in [0.1, 0.15) is 11.8 Å². The second-order valence-corrected chi connectivity index (χ2v) is 7.83. The number of hydrogen-bond acceptors (Lipinski definition) is 5. The molecule has 1 unspecified atom stereocenters. The molecule has 2 N–H and O–H groups in total. The molecule has 158 valence electrons. The normalized spacial score (nSPS) is 15.1. The first-order chi connectivity index (χ1) is 15.1. The fourth-order valence-electron chi connectivity index (χ4n) is 3.43. The fourth-order valence-corrected chi connectivity index (χ4v) is 4.09. The number of benzene rings is 2. The minimum absolute atomic E-state index is 0.176. The molecule has 1 aliphatic heterocycles. The molecule has 0 fully saturated rings. The summed E-state index contributed by atoms with van der Waals surface area (Å²) in [4.78, 5) is 40.7. The molecule has 0 saturated carbocycles. The Balaban J connectivity index is 1.57. The van der Waals surface area contributed by atoms with Gasteiger partial charge < -0.3 is 15.4 Å². The first kappa shape index (κ1) is 20.6. The van der Waals surface area contributed by atoms with Gasteiger partial charge in [0.25, 0.3) is 5.91 Å². The van der Waals surface area contributed by atoms with Crippen molar-refractivity contribution in [2.45, 2.75) is 19.4 Å². The van der Waals surface area contributed by atoms with Crippen molar-refractivity contribution in [3.63, 3.8) is 0 Å². The van der Waals surface area contributed by atoms with Gasteiger partial charge in [-0.2, -0.15) is 0 Å². The van der Waals surface area contributed by atoms with Crippen molar-refractivity contribution in [2.75, 3.05) is 22.1 Å². The number of amides is 3. The summed E-state index contributed by atoms with van der Waals surface area (Å²) in [6.07, 6.45) is -0.176. The van der Waals surface area contributed by atoms with Crippen LogP contribution in [0.5, 0.6) is 5.75 Å². The molecular weight excluding hydrogens is 414 g/mol. The van der Waals surface area contributed by atoms with Gasteiger partial charge in [-0.1, -0.05) is 18.2 Å². The number of carbonyl (C=O) groups excluding carboxylic acids is 3. The van der Waals surface area contributed by atoms with Crippen molar-refractivity contribution in [1.29, 1.82) is 0 Å². The van der Waals surface area contributed by atoms with Crippen LogP contribution in [0.4, 0.5) is 17.1 Å². The Morgan fingerprint density at radius 2 is 1.87 bits per heavy atom. The van der Waals surface area contributed by atoms with E-state index in [1.165, 1.54) is 16.2 Å². The zero-order valence-corrected chi connectivity index (χ0v) is 17.6. The first-order valence-corrected chi connectivity index (χ1v) is 10.7. The Kier molecular flexibility index (Phi) is 5.99. The van der Waals surface area contributed by atoms with E-state index in [4.69, 9.17) is 4.74 Å². The topological polar surface area (TPSA) is 87.7 Å². The van der Waals surface area contributed by atoms with Crippen molar-refractivity contribution < 1.29 is 19.1 Å². The Morgan fingerprint density at radius 3 is 2.58 bits per heavy atom. The van der Waals surface area contributed by atoms with Crippen LogP contribution in [0.25, 0.3) is 0 Å². The minimum atomic E-state index is -0.966. The maximum atomic E-state index is 13.2. The van der Waals surface area contributed by atoms with E-state index in [9.17, 15) is 14.4 Å². The first-order valence-electron chi connectivity index (χ1n) is 9.86. The molecule has 8 heteroatoms. The Bertz CT molecular complexity index is 1100. The third-order valence-corrected chi connectivity index (χ3v) is 5.67. The van der Waals surface area contributed by atoms with Crippen LogP contribution in [0.15, 0.2) is 66.0 Å². The van der Waals surface area contributed by atoms with Crippen molar-refractivity contribution in [2.24, 2.45) is 0 Å². The monoisotopic (exact) mass is 435 g/mol. The quantitative estimate of drug-likeness (QED) is 0.609. The number of nitrogens with zero attached hydrogens (tertiary/aromatic N) is 1. The van der Waals surface area contributed by atoms with Gasteiger partial charge in [-0.05, 0) is 54.8 Å². The van der Waals surface area contributed by atoms with Crippen LogP contribution >= 0.6 is 11.3 Å². The Morgan fingerprint density at radius 1 is 1.10 bits per heavy atom. The van der Waals surface area contributed by atoms with Crippen LogP contribution in [0.2, 0.25) is 0 Å². The highest BCUT2D eigenvalue weighted by Crippen LogP contribution is 2.34. The number of para-hydroxylation sites is 2. The van der Waals surface area contributed by atoms with E-state index in [-0.39, 0.29) is 18.2 Å². The van der Waals surface area contributed by atoms with E-state index in [0.717, 1.165) is 0 Å². The number of fused-ring (bicyclic) bond motifs is 1. The molecule has 2 heterocycles. The predicted octanol–water partition coefficient (Wildman–Crippen LogP) is 4.14. The molecule has 1 aliphatic rings. The Hall–Kier alpha value is -3.65. The molecule has 2 aromatic carbocycles. The Labute approximate surface area is 183 Å². The van der Waals surface area contributed by atoms with Gasteiger partial charge in [-0.15, -0.1) is 11.3 Å². The number of carbonyl (C=O) groups is 3. The van der Waals surface area contributed by atoms with Gasteiger partial charge in [-0.3, -0.25) is 19.3 Å². The van der Waals surface area contributed by atoms with Crippen molar-refractivity contribution in [3.05, 3.63) is 70.9 Å². The fraction of sp³-hybridized carbons (Fsp3) is 0.174. The largest absolute Gasteiger partial charge is 0.494 e. The van der Waals surface area contributed by atoms with Gasteiger partial charge in [0.15, 0.2) is 0 Å². The number of nitrogens with one attached hydrogen (secondary N) is 2. The minimum Gasteiger partial charge on any atom is -0.494 e. The van der Waals surface area contributed by atoms with Crippen LogP contribution < -0.4 is 20.3 Å². The third kappa shape index (κ3) is 4.44. The molecular formula is C23H21N3O4S. The summed E-state index contributed by atoms with van der Waals surface area (Å²) in [5.74, 6) is -0.370. The van der Waals surface area contributed by atoms with E-state index in [2.05, 4.69) is 10.6 Å². The number of rotatable bonds is 6. The third-order valence-electron chi connectivity index (χ3n) is 4.81. The van der Waals surface area contributed by atoms with Gasteiger partial charge in [0.05, 0.1) is 29.3 Å². The standard InChI is InChI=1S/C23H21N3O4S/c1-2-30-16-11-9-15(10-12-16)24-21(27)14-19-22(28)25-17-6-3-4-7-18(17)26(19)23(29)20-8-5-13-31-20/h3-13,19H,2,14H2,1H3,(H,24,27)(H,25,28). The van der Waals surface area contributed by atoms with Gasteiger partial charge in [0, 0.05) is 5.69 Å². The van der Waals surface area contributed by atoms with E-state index in [1.54, 1.807) is 66.0 Å². The molecule has 1 atom stereocenters. The summed E-state index contributed by atoms with van der Waals surface area (Å²) in [5.41, 5.74) is 1.70. The van der Waals surface area contributed by atoms with Gasteiger partial charge in [-0.25, -0.2) is 0 Å². The van der Waals surface area contributed by atoms with Crippen molar-refractivity contribution >= 4 is 46.1 Å². The molecule has 0 spiro atoms. The SMILES string of the molecule is CCOc1ccc(NC(=O)CC2C(=O)Nc3ccccc3N2C(=O)c2cccs2)cc1. The smallest absolute Gasteiger partial charge is 0.269 e. The maximum Gasteiger partial charge on any atom is 0.269 e. The van der Waals surface area contributed by atoms with Crippen LogP contribution in [-0.2, 0) is 9.59 Å². The van der Waals surface area contributed by atoms with Crippen LogP contribution in [0.1, 0.15) is 23.0 Å². The summed E-state index contributed by atoms with van der Waals surface area (Å²) < 4.78 is 5.40. The molecule has 1 aromatic heterocycles. The number of anilines is 3. The van der Waals surface area contributed by atoms with Crippen LogP contribution in [0, 0.1) is 0 Å². The average Bonchev–Trinajstić information content (AvgIpc) is 3.30. The molecule has 3 amide bonds. The molecule has 7 nitrogen and oxygen atoms in total. The number of ether oxygens (including phenoxy) is 1. The summed E-state index contributed by atoms with van der Waals surface area (Å²) in [6, 6.07) is 16.6. The lowest BCUT2D eigenvalue weighted by Gasteiger charge is -2.35. The number of thiophene rings is 1. The molecule has 0 aliphatic carbocycles. The zero-order chi connectivity index (χ0) is 21.8. The zero-order valence-electron chi connectivity index (χ0n) is 16.8. The average molecular weight is 436 g/mol. The summed E-state index contributed by atoms with van der Waals surface area (Å²) in [5, 5.41) is 7.39. The summed E-state index contributed by atoms with van der Waals surface area (Å²) >= 11 is 1.29. The molecule has 0 bridgehead atoms.